The molecule has 5 heteroatoms. The highest BCUT2D eigenvalue weighted by Gasteiger charge is 2.21. The number of carbonyl (C=O) groups excluding carboxylic acids is 1. The van der Waals surface area contributed by atoms with Gasteiger partial charge in [0.2, 0.25) is 0 Å². The largest absolute Gasteiger partial charge is 0.368 e. The Balaban J connectivity index is 1.54. The van der Waals surface area contributed by atoms with Crippen LogP contribution in [0.1, 0.15) is 5.56 Å². The second-order valence-electron chi connectivity index (χ2n) is 6.68. The summed E-state index contributed by atoms with van der Waals surface area (Å²) in [6, 6.07) is 18.4. The average molecular weight is 338 g/mol. The molecule has 0 saturated carbocycles. The molecule has 25 heavy (non-hydrogen) atoms. The number of piperazine rings is 1. The molecule has 0 radical (unpaired) electrons. The van der Waals surface area contributed by atoms with E-state index in [0.717, 1.165) is 38.4 Å². The summed E-state index contributed by atoms with van der Waals surface area (Å²) >= 11 is 0. The maximum atomic E-state index is 12.5. The lowest BCUT2D eigenvalue weighted by molar-refractivity contribution is 0.208. The highest BCUT2D eigenvalue weighted by molar-refractivity contribution is 5.89. The first-order valence-corrected chi connectivity index (χ1v) is 8.71. The minimum Gasteiger partial charge on any atom is -0.368 e. The van der Waals surface area contributed by atoms with Gasteiger partial charge in [-0.2, -0.15) is 0 Å². The van der Waals surface area contributed by atoms with Gasteiger partial charge < -0.3 is 20.0 Å². The molecule has 1 heterocycles. The predicted molar refractivity (Wildman–Crippen MR) is 103 cm³/mol. The fraction of sp³-hybridized carbons (Fsp3) is 0.350. The van der Waals surface area contributed by atoms with Gasteiger partial charge in [0.1, 0.15) is 0 Å². The molecular weight excluding hydrogens is 312 g/mol. The number of carbonyl (C=O) groups is 1. The van der Waals surface area contributed by atoms with Gasteiger partial charge in [-0.25, -0.2) is 4.79 Å². The van der Waals surface area contributed by atoms with Crippen LogP contribution in [-0.4, -0.2) is 56.1 Å². The van der Waals surface area contributed by atoms with E-state index < -0.39 is 0 Å². The van der Waals surface area contributed by atoms with Gasteiger partial charge in [-0.1, -0.05) is 30.3 Å². The van der Waals surface area contributed by atoms with Crippen molar-refractivity contribution in [2.24, 2.45) is 0 Å². The lowest BCUT2D eigenvalue weighted by Crippen LogP contribution is -2.50. The Bertz CT molecular complexity index is 694. The van der Waals surface area contributed by atoms with Gasteiger partial charge in [0, 0.05) is 44.1 Å². The van der Waals surface area contributed by atoms with Crippen molar-refractivity contribution in [3.63, 3.8) is 0 Å². The molecule has 0 spiro atoms. The predicted octanol–water partition coefficient (Wildman–Crippen LogP) is 3.10. The molecule has 2 aromatic carbocycles. The lowest BCUT2D eigenvalue weighted by Gasteiger charge is -2.36. The molecular formula is C20H26N4O. The molecule has 1 saturated heterocycles. The maximum Gasteiger partial charge on any atom is 0.321 e. The van der Waals surface area contributed by atoms with Crippen LogP contribution in [0.5, 0.6) is 0 Å². The van der Waals surface area contributed by atoms with E-state index in [1.165, 1.54) is 11.3 Å². The quantitative estimate of drug-likeness (QED) is 0.931. The summed E-state index contributed by atoms with van der Waals surface area (Å²) in [6.45, 7) is 4.05. The Hall–Kier alpha value is -2.53. The molecule has 0 unspecified atom stereocenters. The molecule has 0 bridgehead atoms. The van der Waals surface area contributed by atoms with Gasteiger partial charge >= 0.3 is 6.03 Å². The van der Waals surface area contributed by atoms with Crippen LogP contribution >= 0.6 is 0 Å². The van der Waals surface area contributed by atoms with E-state index in [4.69, 9.17) is 0 Å². The first-order valence-electron chi connectivity index (χ1n) is 8.71. The van der Waals surface area contributed by atoms with E-state index in [9.17, 15) is 4.79 Å². The van der Waals surface area contributed by atoms with Crippen molar-refractivity contribution in [1.82, 2.24) is 9.80 Å². The van der Waals surface area contributed by atoms with E-state index in [-0.39, 0.29) is 6.03 Å². The van der Waals surface area contributed by atoms with Gasteiger partial charge in [0.25, 0.3) is 0 Å². The summed E-state index contributed by atoms with van der Waals surface area (Å²) in [4.78, 5) is 18.9. The minimum absolute atomic E-state index is 0.0188. The van der Waals surface area contributed by atoms with Crippen LogP contribution in [-0.2, 0) is 6.54 Å². The number of benzene rings is 2. The average Bonchev–Trinajstić information content (AvgIpc) is 2.62. The number of rotatable bonds is 4. The van der Waals surface area contributed by atoms with Gasteiger partial charge in [-0.05, 0) is 43.9 Å². The number of para-hydroxylation sites is 1. The lowest BCUT2D eigenvalue weighted by atomic mass is 10.2. The van der Waals surface area contributed by atoms with Crippen LogP contribution in [0.3, 0.4) is 0 Å². The number of amides is 2. The first-order chi connectivity index (χ1) is 12.1. The summed E-state index contributed by atoms with van der Waals surface area (Å²) < 4.78 is 0. The monoisotopic (exact) mass is 338 g/mol. The summed E-state index contributed by atoms with van der Waals surface area (Å²) in [5, 5.41) is 3.03. The molecule has 132 valence electrons. The van der Waals surface area contributed by atoms with Crippen molar-refractivity contribution in [2.45, 2.75) is 6.54 Å². The Morgan fingerprint density at radius 1 is 1.00 bits per heavy atom. The third kappa shape index (κ3) is 4.73. The number of nitrogens with zero attached hydrogens (tertiary/aromatic N) is 3. The van der Waals surface area contributed by atoms with Gasteiger partial charge in [-0.3, -0.25) is 0 Å². The Morgan fingerprint density at radius 3 is 2.40 bits per heavy atom. The Morgan fingerprint density at radius 2 is 1.72 bits per heavy atom. The van der Waals surface area contributed by atoms with Gasteiger partial charge in [-0.15, -0.1) is 0 Å². The minimum atomic E-state index is -0.0188. The van der Waals surface area contributed by atoms with Crippen molar-refractivity contribution in [3.05, 3.63) is 60.2 Å². The number of hydrogen-bond donors (Lipinski definition) is 1. The molecule has 0 aromatic heterocycles. The highest BCUT2D eigenvalue weighted by atomic mass is 16.2. The van der Waals surface area contributed by atoms with Crippen molar-refractivity contribution in [3.8, 4) is 0 Å². The van der Waals surface area contributed by atoms with Crippen LogP contribution in [0, 0.1) is 0 Å². The van der Waals surface area contributed by atoms with Crippen molar-refractivity contribution in [1.29, 1.82) is 0 Å². The highest BCUT2D eigenvalue weighted by Crippen LogP contribution is 2.17. The van der Waals surface area contributed by atoms with E-state index in [0.29, 0.717) is 0 Å². The van der Waals surface area contributed by atoms with Crippen molar-refractivity contribution < 1.29 is 4.79 Å². The zero-order valence-electron chi connectivity index (χ0n) is 15.0. The zero-order chi connectivity index (χ0) is 17.6. The number of anilines is 2. The van der Waals surface area contributed by atoms with E-state index in [1.807, 2.05) is 43.3 Å². The van der Waals surface area contributed by atoms with Crippen LogP contribution < -0.4 is 10.2 Å². The third-order valence-corrected chi connectivity index (χ3v) is 4.37. The molecule has 1 N–H and O–H groups in total. The summed E-state index contributed by atoms with van der Waals surface area (Å²) in [5.41, 5.74) is 3.27. The van der Waals surface area contributed by atoms with E-state index in [1.54, 1.807) is 0 Å². The Kier molecular flexibility index (Phi) is 5.56. The van der Waals surface area contributed by atoms with Crippen LogP contribution in [0.4, 0.5) is 16.2 Å². The molecule has 1 aliphatic rings. The number of hydrogen-bond acceptors (Lipinski definition) is 3. The summed E-state index contributed by atoms with van der Waals surface area (Å²) in [5.74, 6) is 0. The molecule has 1 aliphatic heterocycles. The normalized spacial score (nSPS) is 14.7. The molecule has 1 fully saturated rings. The van der Waals surface area contributed by atoms with Gasteiger partial charge in [0.15, 0.2) is 0 Å². The second-order valence-corrected chi connectivity index (χ2v) is 6.68. The molecule has 5 nitrogen and oxygen atoms in total. The molecule has 2 aromatic rings. The van der Waals surface area contributed by atoms with Crippen molar-refractivity contribution in [2.75, 3.05) is 50.5 Å². The third-order valence-electron chi connectivity index (χ3n) is 4.37. The zero-order valence-corrected chi connectivity index (χ0v) is 15.0. The van der Waals surface area contributed by atoms with Crippen molar-refractivity contribution >= 4 is 17.4 Å². The maximum absolute atomic E-state index is 12.5. The number of urea groups is 1. The molecule has 2 amide bonds. The standard InChI is InChI=1S/C20H26N4O/c1-22(2)16-17-7-6-8-18(15-17)21-20(25)24-13-11-23(12-14-24)19-9-4-3-5-10-19/h3-10,15H,11-14,16H2,1-2H3,(H,21,25). The van der Waals surface area contributed by atoms with Gasteiger partial charge in [0.05, 0.1) is 0 Å². The topological polar surface area (TPSA) is 38.8 Å². The van der Waals surface area contributed by atoms with Crippen LogP contribution in [0.15, 0.2) is 54.6 Å². The smallest absolute Gasteiger partial charge is 0.321 e. The Labute approximate surface area is 149 Å². The number of nitrogens with one attached hydrogen (secondary N) is 1. The first kappa shape index (κ1) is 17.3. The SMILES string of the molecule is CN(C)Cc1cccc(NC(=O)N2CCN(c3ccccc3)CC2)c1. The summed E-state index contributed by atoms with van der Waals surface area (Å²) in [7, 11) is 4.08. The van der Waals surface area contributed by atoms with Crippen LogP contribution in [0.2, 0.25) is 0 Å². The molecule has 0 aliphatic carbocycles. The molecule has 3 rings (SSSR count). The van der Waals surface area contributed by atoms with E-state index >= 15 is 0 Å². The fourth-order valence-corrected chi connectivity index (χ4v) is 3.12. The van der Waals surface area contributed by atoms with E-state index in [2.05, 4.69) is 45.4 Å². The molecule has 0 atom stereocenters. The fourth-order valence-electron chi connectivity index (χ4n) is 3.12. The summed E-state index contributed by atoms with van der Waals surface area (Å²) in [6.07, 6.45) is 0. The second kappa shape index (κ2) is 8.03. The van der Waals surface area contributed by atoms with Crippen LogP contribution in [0.25, 0.3) is 0 Å².